The van der Waals surface area contributed by atoms with Gasteiger partial charge in [-0.3, -0.25) is 0 Å². The monoisotopic (exact) mass is 338 g/mol. The number of hydrogen-bond acceptors (Lipinski definition) is 1. The van der Waals surface area contributed by atoms with Crippen molar-refractivity contribution in [1.82, 2.24) is 0 Å². The number of ether oxygens (including phenoxy) is 1. The molecular formula is C11H13F3OSn. The second kappa shape index (κ2) is 5.12. The Kier molecular flexibility index (Phi) is 4.29. The normalized spacial score (nSPS) is 11.1. The van der Waals surface area contributed by atoms with Gasteiger partial charge in [0.05, 0.1) is 0 Å². The summed E-state index contributed by atoms with van der Waals surface area (Å²) in [4.78, 5) is 6.69. The van der Waals surface area contributed by atoms with Crippen LogP contribution in [-0.2, 0) is 0 Å². The van der Waals surface area contributed by atoms with Gasteiger partial charge in [-0.2, -0.15) is 0 Å². The fraction of sp³-hybridized carbons (Fsp3) is 0.273. The third kappa shape index (κ3) is 3.73. The molecule has 0 N–H and O–H groups in total. The van der Waals surface area contributed by atoms with Crippen molar-refractivity contribution in [2.45, 2.75) is 14.8 Å². The van der Waals surface area contributed by atoms with Gasteiger partial charge in [-0.25, -0.2) is 0 Å². The molecule has 0 fully saturated rings. The van der Waals surface area contributed by atoms with Crippen LogP contribution in [0.5, 0.6) is 5.75 Å². The van der Waals surface area contributed by atoms with Gasteiger partial charge in [0.1, 0.15) is 0 Å². The van der Waals surface area contributed by atoms with Crippen molar-refractivity contribution in [3.05, 3.63) is 36.4 Å². The van der Waals surface area contributed by atoms with Crippen LogP contribution in [0.25, 0.3) is 0 Å². The average Bonchev–Trinajstić information content (AvgIpc) is 2.17. The summed E-state index contributed by atoms with van der Waals surface area (Å²) < 4.78 is 41.6. The summed E-state index contributed by atoms with van der Waals surface area (Å²) in [6.45, 7) is 0. The zero-order valence-electron chi connectivity index (χ0n) is 9.35. The number of hydrogen-bond donors (Lipinski definition) is 0. The second-order valence-electron chi connectivity index (χ2n) is 4.41. The molecule has 0 aliphatic rings. The van der Waals surface area contributed by atoms with Crippen LogP contribution in [0.1, 0.15) is 0 Å². The summed E-state index contributed by atoms with van der Waals surface area (Å²) in [5.41, 5.74) is 0. The molecule has 0 radical (unpaired) electrons. The molecule has 0 unspecified atom stereocenters. The van der Waals surface area contributed by atoms with Crippen LogP contribution in [0.15, 0.2) is 36.4 Å². The van der Waals surface area contributed by atoms with E-state index in [0.29, 0.717) is 0 Å². The quantitative estimate of drug-likeness (QED) is 0.605. The Morgan fingerprint density at radius 3 is 1.88 bits per heavy atom. The van der Waals surface area contributed by atoms with Gasteiger partial charge in [0.15, 0.2) is 0 Å². The van der Waals surface area contributed by atoms with E-state index >= 15 is 0 Å². The molecule has 0 atom stereocenters. The van der Waals surface area contributed by atoms with E-state index in [-0.39, 0.29) is 5.75 Å². The van der Waals surface area contributed by atoms with Gasteiger partial charge < -0.3 is 0 Å². The number of halogens is 3. The summed E-state index contributed by atoms with van der Waals surface area (Å²) in [6, 6.07) is 4.82. The van der Waals surface area contributed by atoms with Gasteiger partial charge in [0.2, 0.25) is 0 Å². The third-order valence-corrected chi connectivity index (χ3v) is 7.97. The molecular weight excluding hydrogens is 324 g/mol. The van der Waals surface area contributed by atoms with Crippen LogP contribution in [0.3, 0.4) is 0 Å². The predicted molar refractivity (Wildman–Crippen MR) is 60.4 cm³/mol. The summed E-state index contributed by atoms with van der Waals surface area (Å²) >= 11 is -2.14. The van der Waals surface area contributed by atoms with E-state index in [0.717, 1.165) is 0 Å². The summed E-state index contributed by atoms with van der Waals surface area (Å²) in [5.74, 6) is 0.0876. The molecule has 1 aromatic rings. The van der Waals surface area contributed by atoms with Crippen LogP contribution in [-0.4, -0.2) is 18.4 Å². The van der Waals surface area contributed by atoms with E-state index in [1.165, 1.54) is 15.7 Å². The Bertz CT molecular complexity index is 389. The van der Waals surface area contributed by atoms with Gasteiger partial charge in [-0.05, 0) is 0 Å². The Balaban J connectivity index is 2.85. The topological polar surface area (TPSA) is 9.23 Å². The van der Waals surface area contributed by atoms with Crippen LogP contribution >= 0.6 is 0 Å². The standard InChI is InChI=1S/C8H4F3O.3CH3.Sn/c9-7(10)8(11)12-6-4-2-1-3-5-6;;;;/h2-5H;3*1H3;. The molecule has 0 heterocycles. The molecule has 0 aromatic heterocycles. The molecule has 0 aliphatic heterocycles. The third-order valence-electron chi connectivity index (χ3n) is 2.08. The first-order valence-corrected chi connectivity index (χ1v) is 14.8. The zero-order valence-corrected chi connectivity index (χ0v) is 12.2. The first-order chi connectivity index (χ1) is 7.30. The maximum atomic E-state index is 12.5. The summed E-state index contributed by atoms with van der Waals surface area (Å²) in [7, 11) is 0. The van der Waals surface area contributed by atoms with Crippen molar-refractivity contribution < 1.29 is 17.9 Å². The van der Waals surface area contributed by atoms with Crippen molar-refractivity contribution in [2.24, 2.45) is 0 Å². The molecule has 0 saturated carbocycles. The van der Waals surface area contributed by atoms with E-state index < -0.39 is 30.5 Å². The molecule has 0 aliphatic carbocycles. The van der Waals surface area contributed by atoms with Gasteiger partial charge in [0.25, 0.3) is 0 Å². The Morgan fingerprint density at radius 1 is 1.00 bits per heavy atom. The number of rotatable bonds is 3. The minimum absolute atomic E-state index is 0.0876. The molecule has 0 spiro atoms. The van der Waals surface area contributed by atoms with Crippen molar-refractivity contribution in [2.75, 3.05) is 0 Å². The van der Waals surface area contributed by atoms with Crippen LogP contribution < -0.4 is 8.32 Å². The Labute approximate surface area is 96.8 Å². The van der Waals surface area contributed by atoms with Crippen molar-refractivity contribution in [1.29, 1.82) is 0 Å². The number of benzene rings is 1. The molecule has 0 bridgehead atoms. The van der Waals surface area contributed by atoms with Crippen molar-refractivity contribution in [3.63, 3.8) is 0 Å². The average molecular weight is 337 g/mol. The Morgan fingerprint density at radius 2 is 1.50 bits per heavy atom. The SMILES string of the molecule is [CH3][Sn]([CH3])([CH3])[c]1ccc(OC(F)=C(F)F)cc1. The predicted octanol–water partition coefficient (Wildman–Crippen LogP) is 3.65. The van der Waals surface area contributed by atoms with E-state index in [2.05, 4.69) is 19.6 Å². The first-order valence-electron chi connectivity index (χ1n) is 4.80. The molecule has 0 amide bonds. The van der Waals surface area contributed by atoms with E-state index in [4.69, 9.17) is 0 Å². The van der Waals surface area contributed by atoms with Crippen LogP contribution in [0, 0.1) is 0 Å². The minimum atomic E-state index is -2.45. The first kappa shape index (κ1) is 13.4. The Hall–Kier alpha value is -0.651. The van der Waals surface area contributed by atoms with Crippen LogP contribution in [0.4, 0.5) is 13.2 Å². The van der Waals surface area contributed by atoms with E-state index in [1.54, 1.807) is 0 Å². The van der Waals surface area contributed by atoms with Gasteiger partial charge in [-0.15, -0.1) is 0 Å². The fourth-order valence-corrected chi connectivity index (χ4v) is 4.49. The molecule has 1 aromatic carbocycles. The molecule has 88 valence electrons. The molecule has 1 nitrogen and oxygen atoms in total. The molecule has 5 heteroatoms. The van der Waals surface area contributed by atoms with Gasteiger partial charge in [0, 0.05) is 0 Å². The van der Waals surface area contributed by atoms with E-state index in [1.807, 2.05) is 12.1 Å². The molecule has 0 saturated heterocycles. The summed E-state index contributed by atoms with van der Waals surface area (Å²) in [5, 5.41) is 0. The van der Waals surface area contributed by atoms with Gasteiger partial charge >= 0.3 is 96.8 Å². The molecule has 1 rings (SSSR count). The fourth-order valence-electron chi connectivity index (χ4n) is 1.17. The zero-order chi connectivity index (χ0) is 12.3. The van der Waals surface area contributed by atoms with Crippen molar-refractivity contribution in [3.8, 4) is 5.75 Å². The van der Waals surface area contributed by atoms with Gasteiger partial charge in [-0.1, -0.05) is 0 Å². The second-order valence-corrected chi connectivity index (χ2v) is 18.9. The summed E-state index contributed by atoms with van der Waals surface area (Å²) in [6.07, 6.45) is -2.45. The molecule has 16 heavy (non-hydrogen) atoms. The van der Waals surface area contributed by atoms with Crippen molar-refractivity contribution >= 4 is 22.0 Å². The van der Waals surface area contributed by atoms with E-state index in [9.17, 15) is 13.2 Å². The van der Waals surface area contributed by atoms with Crippen LogP contribution in [0.2, 0.25) is 14.8 Å². The maximum absolute atomic E-state index is 12.5.